The normalized spacial score (nSPS) is 15.7. The molecule has 2 aromatic rings. The Balaban J connectivity index is 1.58. The van der Waals surface area contributed by atoms with E-state index < -0.39 is 5.95 Å². The molecule has 0 saturated carbocycles. The van der Waals surface area contributed by atoms with E-state index in [0.29, 0.717) is 12.4 Å². The first-order valence-corrected chi connectivity index (χ1v) is 7.58. The average molecular weight is 319 g/mol. The van der Waals surface area contributed by atoms with Crippen LogP contribution < -0.4 is 9.64 Å². The molecule has 4 nitrogen and oxygen atoms in total. The van der Waals surface area contributed by atoms with Gasteiger partial charge in [-0.3, -0.25) is 4.90 Å². The summed E-state index contributed by atoms with van der Waals surface area (Å²) in [6.45, 7) is 3.88. The largest absolute Gasteiger partial charge is 0.494 e. The first kappa shape index (κ1) is 15.7. The number of hydrogen-bond donors (Lipinski definition) is 0. The summed E-state index contributed by atoms with van der Waals surface area (Å²) in [5.41, 5.74) is 0.917. The fourth-order valence-electron chi connectivity index (χ4n) is 2.78. The maximum atomic E-state index is 13.7. The Morgan fingerprint density at radius 2 is 1.87 bits per heavy atom. The number of anilines is 1. The third-order valence-electron chi connectivity index (χ3n) is 4.02. The molecule has 0 radical (unpaired) electrons. The van der Waals surface area contributed by atoms with Gasteiger partial charge in [-0.15, -0.1) is 0 Å². The van der Waals surface area contributed by atoms with Gasteiger partial charge in [0.25, 0.3) is 0 Å². The number of ether oxygens (including phenoxy) is 1. The lowest BCUT2D eigenvalue weighted by molar-refractivity contribution is 0.248. The fraction of sp³-hybridized carbons (Fsp3) is 0.353. The van der Waals surface area contributed by atoms with Crippen LogP contribution in [0.4, 0.5) is 14.6 Å². The van der Waals surface area contributed by atoms with Crippen molar-refractivity contribution in [2.75, 3.05) is 38.2 Å². The quantitative estimate of drug-likeness (QED) is 0.810. The van der Waals surface area contributed by atoms with E-state index in [-0.39, 0.29) is 11.6 Å². The van der Waals surface area contributed by atoms with Crippen molar-refractivity contribution < 1.29 is 13.5 Å². The summed E-state index contributed by atoms with van der Waals surface area (Å²) in [5.74, 6) is 0.127. The highest BCUT2D eigenvalue weighted by atomic mass is 19.1. The second kappa shape index (κ2) is 6.91. The van der Waals surface area contributed by atoms with Gasteiger partial charge in [-0.25, -0.2) is 9.37 Å². The van der Waals surface area contributed by atoms with Crippen LogP contribution in [-0.2, 0) is 6.54 Å². The zero-order valence-electron chi connectivity index (χ0n) is 13.0. The molecule has 1 aromatic heterocycles. The summed E-state index contributed by atoms with van der Waals surface area (Å²) in [6.07, 6.45) is 0. The lowest BCUT2D eigenvalue weighted by Gasteiger charge is -2.35. The van der Waals surface area contributed by atoms with Crippen molar-refractivity contribution in [1.82, 2.24) is 9.88 Å². The van der Waals surface area contributed by atoms with Crippen molar-refractivity contribution in [2.45, 2.75) is 6.54 Å². The van der Waals surface area contributed by atoms with Crippen molar-refractivity contribution in [3.05, 3.63) is 53.7 Å². The minimum Gasteiger partial charge on any atom is -0.494 e. The summed E-state index contributed by atoms with van der Waals surface area (Å²) in [5, 5.41) is 0. The van der Waals surface area contributed by atoms with Crippen molar-refractivity contribution in [2.24, 2.45) is 0 Å². The van der Waals surface area contributed by atoms with Crippen molar-refractivity contribution in [3.63, 3.8) is 0 Å². The van der Waals surface area contributed by atoms with Gasteiger partial charge in [0, 0.05) is 32.7 Å². The molecule has 0 atom stereocenters. The predicted molar refractivity (Wildman–Crippen MR) is 84.6 cm³/mol. The zero-order chi connectivity index (χ0) is 16.2. The molecule has 1 aliphatic rings. The van der Waals surface area contributed by atoms with E-state index in [4.69, 9.17) is 4.74 Å². The number of benzene rings is 1. The number of rotatable bonds is 4. The zero-order valence-corrected chi connectivity index (χ0v) is 13.0. The van der Waals surface area contributed by atoms with Gasteiger partial charge in [-0.05, 0) is 29.8 Å². The SMILES string of the molecule is COc1ccc(CN2CCN(c3cccc(F)n3)CC2)cc1F. The van der Waals surface area contributed by atoms with Gasteiger partial charge < -0.3 is 9.64 Å². The number of hydrogen-bond acceptors (Lipinski definition) is 4. The van der Waals surface area contributed by atoms with Crippen LogP contribution in [0.5, 0.6) is 5.75 Å². The van der Waals surface area contributed by atoms with Crippen LogP contribution in [0.3, 0.4) is 0 Å². The van der Waals surface area contributed by atoms with Crippen molar-refractivity contribution >= 4 is 5.82 Å². The monoisotopic (exact) mass is 319 g/mol. The topological polar surface area (TPSA) is 28.6 Å². The van der Waals surface area contributed by atoms with Crippen LogP contribution in [0.15, 0.2) is 36.4 Å². The Hall–Kier alpha value is -2.21. The van der Waals surface area contributed by atoms with Crippen molar-refractivity contribution in [1.29, 1.82) is 0 Å². The third-order valence-corrected chi connectivity index (χ3v) is 4.02. The molecule has 2 heterocycles. The van der Waals surface area contributed by atoms with Gasteiger partial charge in [0.05, 0.1) is 7.11 Å². The molecular formula is C17H19F2N3O. The van der Waals surface area contributed by atoms with Crippen molar-refractivity contribution in [3.8, 4) is 5.75 Å². The Labute approximate surface area is 134 Å². The van der Waals surface area contributed by atoms with E-state index in [9.17, 15) is 8.78 Å². The molecule has 23 heavy (non-hydrogen) atoms. The number of aromatic nitrogens is 1. The first-order chi connectivity index (χ1) is 11.2. The van der Waals surface area contributed by atoms with Crippen LogP contribution in [0.2, 0.25) is 0 Å². The summed E-state index contributed by atoms with van der Waals surface area (Å²) < 4.78 is 31.9. The molecule has 6 heteroatoms. The molecule has 0 spiro atoms. The first-order valence-electron chi connectivity index (χ1n) is 7.58. The van der Waals surface area contributed by atoms with Crippen LogP contribution >= 0.6 is 0 Å². The van der Waals surface area contributed by atoms with E-state index in [1.54, 1.807) is 12.1 Å². The Bertz CT molecular complexity index is 673. The molecule has 122 valence electrons. The molecule has 0 N–H and O–H groups in total. The standard InChI is InChI=1S/C17H19F2N3O/c1-23-15-6-5-13(11-14(15)18)12-21-7-9-22(10-8-21)17-4-2-3-16(19)20-17/h2-6,11H,7-10,12H2,1H3. The highest BCUT2D eigenvalue weighted by Crippen LogP contribution is 2.20. The maximum absolute atomic E-state index is 13.7. The molecule has 1 saturated heterocycles. The van der Waals surface area contributed by atoms with E-state index in [1.165, 1.54) is 19.2 Å². The molecule has 1 fully saturated rings. The average Bonchev–Trinajstić information content (AvgIpc) is 2.56. The molecule has 0 aliphatic carbocycles. The van der Waals surface area contributed by atoms with Gasteiger partial charge in [0.15, 0.2) is 11.6 Å². The van der Waals surface area contributed by atoms with Gasteiger partial charge in [0.1, 0.15) is 5.82 Å². The predicted octanol–water partition coefficient (Wildman–Crippen LogP) is 2.69. The molecule has 1 aromatic carbocycles. The number of piperazine rings is 1. The smallest absolute Gasteiger partial charge is 0.214 e. The van der Waals surface area contributed by atoms with E-state index in [0.717, 1.165) is 31.7 Å². The summed E-state index contributed by atoms with van der Waals surface area (Å²) in [7, 11) is 1.46. The molecule has 3 rings (SSSR count). The van der Waals surface area contributed by atoms with Gasteiger partial charge in [0.2, 0.25) is 5.95 Å². The maximum Gasteiger partial charge on any atom is 0.214 e. The molecule has 1 aliphatic heterocycles. The Kier molecular flexibility index (Phi) is 4.71. The summed E-state index contributed by atoms with van der Waals surface area (Å²) >= 11 is 0. The number of pyridine rings is 1. The number of methoxy groups -OCH3 is 1. The van der Waals surface area contributed by atoms with Crippen LogP contribution in [-0.4, -0.2) is 43.2 Å². The van der Waals surface area contributed by atoms with E-state index in [1.807, 2.05) is 12.1 Å². The van der Waals surface area contributed by atoms with Crippen LogP contribution in [0.25, 0.3) is 0 Å². The molecular weight excluding hydrogens is 300 g/mol. The van der Waals surface area contributed by atoms with Crippen LogP contribution in [0, 0.1) is 11.8 Å². The lowest BCUT2D eigenvalue weighted by atomic mass is 10.2. The van der Waals surface area contributed by atoms with Gasteiger partial charge in [-0.2, -0.15) is 4.39 Å². The summed E-state index contributed by atoms with van der Waals surface area (Å²) in [6, 6.07) is 9.87. The number of nitrogens with zero attached hydrogens (tertiary/aromatic N) is 3. The number of halogens is 2. The van der Waals surface area contributed by atoms with Crippen LogP contribution in [0.1, 0.15) is 5.56 Å². The molecule has 0 unspecified atom stereocenters. The Morgan fingerprint density at radius 3 is 2.52 bits per heavy atom. The summed E-state index contributed by atoms with van der Waals surface area (Å²) in [4.78, 5) is 8.22. The van der Waals surface area contributed by atoms with Gasteiger partial charge in [-0.1, -0.05) is 12.1 Å². The second-order valence-corrected chi connectivity index (χ2v) is 5.55. The van der Waals surface area contributed by atoms with E-state index in [2.05, 4.69) is 14.8 Å². The minimum absolute atomic E-state index is 0.260. The second-order valence-electron chi connectivity index (χ2n) is 5.55. The Morgan fingerprint density at radius 1 is 1.09 bits per heavy atom. The fourth-order valence-corrected chi connectivity index (χ4v) is 2.78. The van der Waals surface area contributed by atoms with Gasteiger partial charge >= 0.3 is 0 Å². The highest BCUT2D eigenvalue weighted by Gasteiger charge is 2.18. The lowest BCUT2D eigenvalue weighted by Crippen LogP contribution is -2.46. The third kappa shape index (κ3) is 3.76. The minimum atomic E-state index is -0.460. The molecule has 0 amide bonds. The molecule has 0 bridgehead atoms. The highest BCUT2D eigenvalue weighted by molar-refractivity contribution is 5.38. The van der Waals surface area contributed by atoms with E-state index >= 15 is 0 Å².